The van der Waals surface area contributed by atoms with E-state index < -0.39 is 0 Å². The van der Waals surface area contributed by atoms with E-state index in [1.165, 1.54) is 5.56 Å². The number of nitrogens with zero attached hydrogens (tertiary/aromatic N) is 3. The molecule has 0 fully saturated rings. The van der Waals surface area contributed by atoms with Gasteiger partial charge in [0, 0.05) is 28.6 Å². The van der Waals surface area contributed by atoms with Gasteiger partial charge in [-0.05, 0) is 49.2 Å². The summed E-state index contributed by atoms with van der Waals surface area (Å²) in [7, 11) is 0. The van der Waals surface area contributed by atoms with Gasteiger partial charge in [-0.1, -0.05) is 25.1 Å². The van der Waals surface area contributed by atoms with E-state index in [2.05, 4.69) is 28.5 Å². The summed E-state index contributed by atoms with van der Waals surface area (Å²) < 4.78 is 5.61. The minimum Gasteiger partial charge on any atom is -0.494 e. The predicted molar refractivity (Wildman–Crippen MR) is 115 cm³/mol. The molecule has 1 N–H and O–H groups in total. The number of anilines is 1. The van der Waals surface area contributed by atoms with E-state index in [0.29, 0.717) is 12.4 Å². The molecule has 5 nitrogen and oxygen atoms in total. The molecule has 0 bridgehead atoms. The van der Waals surface area contributed by atoms with Crippen molar-refractivity contribution in [2.24, 2.45) is 5.10 Å². The largest absolute Gasteiger partial charge is 0.494 e. The quantitative estimate of drug-likeness (QED) is 0.375. The monoisotopic (exact) mass is 370 g/mol. The molecule has 0 saturated heterocycles. The highest BCUT2D eigenvalue weighted by atomic mass is 16.5. The van der Waals surface area contributed by atoms with Crippen molar-refractivity contribution in [1.82, 2.24) is 9.97 Å². The molecule has 4 aromatic rings. The number of pyridine rings is 2. The Morgan fingerprint density at radius 1 is 1.00 bits per heavy atom. The number of fused-ring (bicyclic) bond motifs is 2. The first-order chi connectivity index (χ1) is 13.8. The van der Waals surface area contributed by atoms with Gasteiger partial charge in [-0.25, -0.2) is 4.98 Å². The van der Waals surface area contributed by atoms with Gasteiger partial charge in [-0.2, -0.15) is 5.10 Å². The van der Waals surface area contributed by atoms with E-state index >= 15 is 0 Å². The highest BCUT2D eigenvalue weighted by Gasteiger charge is 2.06. The normalized spacial score (nSPS) is 11.4. The Balaban J connectivity index is 1.64. The number of hydrazone groups is 1. The number of rotatable bonds is 6. The van der Waals surface area contributed by atoms with Crippen LogP contribution in [0.2, 0.25) is 0 Å². The van der Waals surface area contributed by atoms with Crippen LogP contribution in [0.3, 0.4) is 0 Å². The summed E-state index contributed by atoms with van der Waals surface area (Å²) in [4.78, 5) is 9.09. The van der Waals surface area contributed by atoms with E-state index in [0.717, 1.165) is 39.5 Å². The molecule has 0 aliphatic heterocycles. The maximum Gasteiger partial charge on any atom is 0.147 e. The third-order valence-corrected chi connectivity index (χ3v) is 4.62. The van der Waals surface area contributed by atoms with Gasteiger partial charge < -0.3 is 4.74 Å². The molecule has 0 aliphatic carbocycles. The second kappa shape index (κ2) is 8.05. The van der Waals surface area contributed by atoms with E-state index in [-0.39, 0.29) is 0 Å². The highest BCUT2D eigenvalue weighted by molar-refractivity contribution is 5.98. The van der Waals surface area contributed by atoms with Crippen LogP contribution < -0.4 is 10.2 Å². The standard InChI is InChI=1S/C23H22N4O/c1-3-16-13-23(26-22-14-18(28-4-2)9-10-20(16)22)27-25-15-17-11-12-24-21-8-6-5-7-19(17)21/h5-15H,3-4H2,1-2H3,(H,26,27). The Labute approximate surface area is 164 Å². The van der Waals surface area contributed by atoms with Crippen LogP contribution in [0.5, 0.6) is 5.75 Å². The molecular weight excluding hydrogens is 348 g/mol. The lowest BCUT2D eigenvalue weighted by atomic mass is 10.1. The summed E-state index contributed by atoms with van der Waals surface area (Å²) in [6, 6.07) is 18.1. The van der Waals surface area contributed by atoms with E-state index in [1.54, 1.807) is 12.4 Å². The molecule has 0 unspecified atom stereocenters. The lowest BCUT2D eigenvalue weighted by Gasteiger charge is -2.10. The fraction of sp³-hybridized carbons (Fsp3) is 0.174. The maximum atomic E-state index is 5.61. The number of benzene rings is 2. The molecule has 5 heteroatoms. The summed E-state index contributed by atoms with van der Waals surface area (Å²) in [5.74, 6) is 1.54. The number of hydrogen-bond acceptors (Lipinski definition) is 5. The number of nitrogens with one attached hydrogen (secondary N) is 1. The molecule has 28 heavy (non-hydrogen) atoms. The fourth-order valence-electron chi connectivity index (χ4n) is 3.29. The second-order valence-electron chi connectivity index (χ2n) is 6.42. The molecule has 4 rings (SSSR count). The minimum absolute atomic E-state index is 0.633. The lowest BCUT2D eigenvalue weighted by Crippen LogP contribution is -1.98. The predicted octanol–water partition coefficient (Wildman–Crippen LogP) is 5.19. The first kappa shape index (κ1) is 17.9. The van der Waals surface area contributed by atoms with Gasteiger partial charge in [0.2, 0.25) is 0 Å². The zero-order chi connectivity index (χ0) is 19.3. The fourth-order valence-corrected chi connectivity index (χ4v) is 3.29. The second-order valence-corrected chi connectivity index (χ2v) is 6.42. The van der Waals surface area contributed by atoms with Crippen molar-refractivity contribution in [2.45, 2.75) is 20.3 Å². The molecule has 2 aromatic carbocycles. The number of ether oxygens (including phenoxy) is 1. The Bertz CT molecular complexity index is 1150. The summed E-state index contributed by atoms with van der Waals surface area (Å²) in [5, 5.41) is 6.61. The van der Waals surface area contributed by atoms with E-state index in [9.17, 15) is 0 Å². The maximum absolute atomic E-state index is 5.61. The van der Waals surface area contributed by atoms with Crippen molar-refractivity contribution in [3.05, 3.63) is 71.9 Å². The molecule has 2 heterocycles. The number of aryl methyl sites for hydroxylation is 1. The van der Waals surface area contributed by atoms with Crippen LogP contribution in [0, 0.1) is 0 Å². The highest BCUT2D eigenvalue weighted by Crippen LogP contribution is 2.25. The van der Waals surface area contributed by atoms with Crippen LogP contribution in [0.25, 0.3) is 21.8 Å². The van der Waals surface area contributed by atoms with Crippen molar-refractivity contribution < 1.29 is 4.74 Å². The Morgan fingerprint density at radius 2 is 1.89 bits per heavy atom. The first-order valence-electron chi connectivity index (χ1n) is 9.47. The van der Waals surface area contributed by atoms with Crippen LogP contribution in [0.1, 0.15) is 25.0 Å². The van der Waals surface area contributed by atoms with Crippen LogP contribution in [-0.2, 0) is 6.42 Å². The zero-order valence-corrected chi connectivity index (χ0v) is 16.0. The Morgan fingerprint density at radius 3 is 2.75 bits per heavy atom. The Hall–Kier alpha value is -3.47. The minimum atomic E-state index is 0.633. The third-order valence-electron chi connectivity index (χ3n) is 4.62. The van der Waals surface area contributed by atoms with E-state index in [1.807, 2.05) is 55.5 Å². The molecule has 140 valence electrons. The van der Waals surface area contributed by atoms with Gasteiger partial charge >= 0.3 is 0 Å². The summed E-state index contributed by atoms with van der Waals surface area (Å²) in [6.07, 6.45) is 4.51. The number of aromatic nitrogens is 2. The number of para-hydroxylation sites is 1. The van der Waals surface area contributed by atoms with E-state index in [4.69, 9.17) is 9.72 Å². The van der Waals surface area contributed by atoms with Crippen molar-refractivity contribution in [3.63, 3.8) is 0 Å². The molecule has 0 amide bonds. The molecule has 0 radical (unpaired) electrons. The zero-order valence-electron chi connectivity index (χ0n) is 16.0. The molecule has 0 atom stereocenters. The van der Waals surface area contributed by atoms with Gasteiger partial charge in [-0.3, -0.25) is 10.4 Å². The average Bonchev–Trinajstić information content (AvgIpc) is 2.73. The topological polar surface area (TPSA) is 59.4 Å². The Kier molecular flexibility index (Phi) is 5.15. The third kappa shape index (κ3) is 3.64. The summed E-state index contributed by atoms with van der Waals surface area (Å²) in [6.45, 7) is 4.75. The van der Waals surface area contributed by atoms with Gasteiger partial charge in [0.05, 0.1) is 23.9 Å². The van der Waals surface area contributed by atoms with Gasteiger partial charge in [0.25, 0.3) is 0 Å². The smallest absolute Gasteiger partial charge is 0.147 e. The molecule has 2 aromatic heterocycles. The van der Waals surface area contributed by atoms with Crippen LogP contribution >= 0.6 is 0 Å². The molecule has 0 saturated carbocycles. The van der Waals surface area contributed by atoms with Crippen LogP contribution in [-0.4, -0.2) is 22.8 Å². The van der Waals surface area contributed by atoms with Gasteiger partial charge in [-0.15, -0.1) is 0 Å². The van der Waals surface area contributed by atoms with Crippen molar-refractivity contribution in [2.75, 3.05) is 12.0 Å². The summed E-state index contributed by atoms with van der Waals surface area (Å²) in [5.41, 5.74) is 7.15. The van der Waals surface area contributed by atoms with Crippen LogP contribution in [0.4, 0.5) is 5.82 Å². The van der Waals surface area contributed by atoms with Gasteiger partial charge in [0.15, 0.2) is 0 Å². The van der Waals surface area contributed by atoms with Gasteiger partial charge in [0.1, 0.15) is 11.6 Å². The summed E-state index contributed by atoms with van der Waals surface area (Å²) >= 11 is 0. The SMILES string of the molecule is CCOc1ccc2c(CC)cc(NN=Cc3ccnc4ccccc34)nc2c1. The molecular formula is C23H22N4O. The van der Waals surface area contributed by atoms with Crippen molar-refractivity contribution >= 4 is 33.8 Å². The van der Waals surface area contributed by atoms with Crippen molar-refractivity contribution in [3.8, 4) is 5.75 Å². The molecule has 0 spiro atoms. The van der Waals surface area contributed by atoms with Crippen molar-refractivity contribution in [1.29, 1.82) is 0 Å². The lowest BCUT2D eigenvalue weighted by molar-refractivity contribution is 0.340. The molecule has 0 aliphatic rings. The number of hydrogen-bond donors (Lipinski definition) is 1. The average molecular weight is 370 g/mol. The van der Waals surface area contributed by atoms with Crippen LogP contribution in [0.15, 0.2) is 65.9 Å². The first-order valence-corrected chi connectivity index (χ1v) is 9.47.